The van der Waals surface area contributed by atoms with E-state index in [0.29, 0.717) is 23.8 Å². The van der Waals surface area contributed by atoms with Crippen molar-refractivity contribution in [3.05, 3.63) is 10.3 Å². The van der Waals surface area contributed by atoms with Crippen molar-refractivity contribution < 1.29 is 19.0 Å². The first-order chi connectivity index (χ1) is 11.8. The topological polar surface area (TPSA) is 51.2 Å². The highest BCUT2D eigenvalue weighted by atomic mass is 32.1. The third kappa shape index (κ3) is 3.25. The molecule has 3 aliphatic rings. The van der Waals surface area contributed by atoms with E-state index in [0.717, 1.165) is 58.0 Å². The number of ether oxygens (including phenoxy) is 3. The molecular formula is C17H24N2O4S. The molecule has 2 saturated heterocycles. The first-order valence-electron chi connectivity index (χ1n) is 8.81. The molecule has 1 aromatic heterocycles. The number of carbonyl (C=O) groups excluding carboxylic acids is 1. The van der Waals surface area contributed by atoms with Crippen molar-refractivity contribution in [2.24, 2.45) is 0 Å². The molecule has 4 heterocycles. The normalized spacial score (nSPS) is 24.8. The van der Waals surface area contributed by atoms with E-state index in [4.69, 9.17) is 14.2 Å². The Hall–Kier alpha value is -1.31. The van der Waals surface area contributed by atoms with E-state index in [1.54, 1.807) is 0 Å². The Morgan fingerprint density at radius 2 is 1.96 bits per heavy atom. The van der Waals surface area contributed by atoms with Gasteiger partial charge in [-0.1, -0.05) is 0 Å². The molecule has 0 aliphatic carbocycles. The summed E-state index contributed by atoms with van der Waals surface area (Å²) in [4.78, 5) is 18.3. The number of hydrogen-bond donors (Lipinski definition) is 0. The molecule has 1 atom stereocenters. The quantitative estimate of drug-likeness (QED) is 0.831. The number of carbonyl (C=O) groups is 1. The summed E-state index contributed by atoms with van der Waals surface area (Å²) in [6, 6.07) is 0.284. The summed E-state index contributed by atoms with van der Waals surface area (Å²) in [5, 5.41) is 1.89. The highest BCUT2D eigenvalue weighted by Crippen LogP contribution is 2.40. The smallest absolute Gasteiger partial charge is 0.268 e. The number of likely N-dealkylation sites (tertiary alicyclic amines) is 1. The van der Waals surface area contributed by atoms with Gasteiger partial charge in [-0.15, -0.1) is 11.3 Å². The second-order valence-corrected chi connectivity index (χ2v) is 7.40. The average molecular weight is 352 g/mol. The molecule has 0 saturated carbocycles. The third-order valence-electron chi connectivity index (χ3n) is 4.96. The largest absolute Gasteiger partial charge is 0.485 e. The minimum Gasteiger partial charge on any atom is -0.485 e. The van der Waals surface area contributed by atoms with E-state index in [1.807, 2.05) is 5.38 Å². The molecule has 3 aliphatic heterocycles. The number of fused-ring (bicyclic) bond motifs is 1. The lowest BCUT2D eigenvalue weighted by molar-refractivity contribution is 0.0166. The Balaban J connectivity index is 1.49. The molecule has 132 valence electrons. The zero-order chi connectivity index (χ0) is 16.4. The van der Waals surface area contributed by atoms with Gasteiger partial charge in [-0.2, -0.15) is 0 Å². The summed E-state index contributed by atoms with van der Waals surface area (Å²) in [6.07, 6.45) is 3.35. The van der Waals surface area contributed by atoms with Gasteiger partial charge in [0, 0.05) is 37.6 Å². The molecule has 7 heteroatoms. The molecule has 6 nitrogen and oxygen atoms in total. The van der Waals surface area contributed by atoms with Crippen LogP contribution >= 0.6 is 11.3 Å². The highest BCUT2D eigenvalue weighted by molar-refractivity contribution is 7.12. The van der Waals surface area contributed by atoms with Crippen molar-refractivity contribution in [1.29, 1.82) is 0 Å². The van der Waals surface area contributed by atoms with Gasteiger partial charge >= 0.3 is 0 Å². The van der Waals surface area contributed by atoms with Crippen LogP contribution in [0.3, 0.4) is 0 Å². The highest BCUT2D eigenvalue weighted by Gasteiger charge is 2.33. The van der Waals surface area contributed by atoms with Gasteiger partial charge in [0.25, 0.3) is 5.91 Å². The lowest BCUT2D eigenvalue weighted by atomic mass is 10.0. The van der Waals surface area contributed by atoms with Gasteiger partial charge in [0.15, 0.2) is 11.5 Å². The minimum atomic E-state index is 0.102. The third-order valence-corrected chi connectivity index (χ3v) is 5.88. The molecular weight excluding hydrogens is 328 g/mol. The maximum atomic E-state index is 13.1. The fraction of sp³-hybridized carbons (Fsp3) is 0.706. The first kappa shape index (κ1) is 16.2. The molecule has 1 aromatic rings. The van der Waals surface area contributed by atoms with E-state index >= 15 is 0 Å². The molecule has 24 heavy (non-hydrogen) atoms. The van der Waals surface area contributed by atoms with E-state index in [-0.39, 0.29) is 11.9 Å². The average Bonchev–Trinajstić information content (AvgIpc) is 3.07. The Morgan fingerprint density at radius 3 is 2.83 bits per heavy atom. The molecule has 0 spiro atoms. The van der Waals surface area contributed by atoms with Crippen molar-refractivity contribution in [2.45, 2.75) is 25.3 Å². The lowest BCUT2D eigenvalue weighted by Crippen LogP contribution is -2.51. The molecule has 0 N–H and O–H groups in total. The van der Waals surface area contributed by atoms with E-state index in [2.05, 4.69) is 9.80 Å². The van der Waals surface area contributed by atoms with Gasteiger partial charge in [-0.25, -0.2) is 0 Å². The maximum Gasteiger partial charge on any atom is 0.268 e. The van der Waals surface area contributed by atoms with Gasteiger partial charge in [0.2, 0.25) is 0 Å². The Morgan fingerprint density at radius 1 is 1.12 bits per heavy atom. The summed E-state index contributed by atoms with van der Waals surface area (Å²) < 4.78 is 16.7. The van der Waals surface area contributed by atoms with Gasteiger partial charge in [-0.3, -0.25) is 9.69 Å². The van der Waals surface area contributed by atoms with Crippen LogP contribution in [-0.2, 0) is 4.74 Å². The van der Waals surface area contributed by atoms with Crippen LogP contribution in [0.15, 0.2) is 5.38 Å². The van der Waals surface area contributed by atoms with E-state index < -0.39 is 0 Å². The number of morpholine rings is 1. The fourth-order valence-electron chi connectivity index (χ4n) is 3.68. The van der Waals surface area contributed by atoms with E-state index in [1.165, 1.54) is 17.8 Å². The summed E-state index contributed by atoms with van der Waals surface area (Å²) in [5.41, 5.74) is 0. The molecule has 2 fully saturated rings. The Labute approximate surface area is 146 Å². The van der Waals surface area contributed by atoms with Crippen molar-refractivity contribution in [2.75, 3.05) is 52.6 Å². The number of thiophene rings is 1. The van der Waals surface area contributed by atoms with Crippen molar-refractivity contribution in [1.82, 2.24) is 9.80 Å². The minimum absolute atomic E-state index is 0.102. The summed E-state index contributed by atoms with van der Waals surface area (Å²) in [7, 11) is 0. The SMILES string of the molecule is O=C(c1scc2c1OCCO2)N1CCCCC1CN1CCOCC1. The predicted molar refractivity (Wildman–Crippen MR) is 91.2 cm³/mol. The fourth-order valence-corrected chi connectivity index (χ4v) is 4.57. The molecule has 0 bridgehead atoms. The van der Waals surface area contributed by atoms with Crippen molar-refractivity contribution >= 4 is 17.2 Å². The molecule has 4 rings (SSSR count). The first-order valence-corrected chi connectivity index (χ1v) is 9.69. The summed E-state index contributed by atoms with van der Waals surface area (Å²) in [5.74, 6) is 1.47. The van der Waals surface area contributed by atoms with Crippen LogP contribution in [0, 0.1) is 0 Å². The Bertz CT molecular complexity index is 585. The van der Waals surface area contributed by atoms with Crippen LogP contribution in [0.5, 0.6) is 11.5 Å². The van der Waals surface area contributed by atoms with Gasteiger partial charge < -0.3 is 19.1 Å². The summed E-state index contributed by atoms with van der Waals surface area (Å²) in [6.45, 7) is 6.37. The number of nitrogens with zero attached hydrogens (tertiary/aromatic N) is 2. The number of amides is 1. The van der Waals surface area contributed by atoms with Gasteiger partial charge in [0.1, 0.15) is 18.1 Å². The van der Waals surface area contributed by atoms with Crippen molar-refractivity contribution in [3.8, 4) is 11.5 Å². The molecule has 0 radical (unpaired) electrons. The Kier molecular flexibility index (Phi) is 4.91. The van der Waals surface area contributed by atoms with Crippen LogP contribution in [0.25, 0.3) is 0 Å². The molecule has 0 aromatic carbocycles. The van der Waals surface area contributed by atoms with Crippen LogP contribution in [0.4, 0.5) is 0 Å². The van der Waals surface area contributed by atoms with Gasteiger partial charge in [0.05, 0.1) is 13.2 Å². The number of rotatable bonds is 3. The zero-order valence-corrected chi connectivity index (χ0v) is 14.7. The standard InChI is InChI=1S/C17H24N2O4S/c20-17(16-15-14(12-24-16)22-9-10-23-15)19-4-2-1-3-13(19)11-18-5-7-21-8-6-18/h12-13H,1-11H2. The number of piperidine rings is 1. The molecule has 1 amide bonds. The van der Waals surface area contributed by atoms with Gasteiger partial charge in [-0.05, 0) is 19.3 Å². The second kappa shape index (κ2) is 7.29. The van der Waals surface area contributed by atoms with Crippen molar-refractivity contribution in [3.63, 3.8) is 0 Å². The zero-order valence-electron chi connectivity index (χ0n) is 13.9. The maximum absolute atomic E-state index is 13.1. The van der Waals surface area contributed by atoms with Crippen LogP contribution in [0.1, 0.15) is 28.9 Å². The van der Waals surface area contributed by atoms with E-state index in [9.17, 15) is 4.79 Å². The van der Waals surface area contributed by atoms with Crippen LogP contribution in [-0.4, -0.2) is 74.4 Å². The van der Waals surface area contributed by atoms with Crippen LogP contribution < -0.4 is 9.47 Å². The lowest BCUT2D eigenvalue weighted by Gasteiger charge is -2.39. The monoisotopic (exact) mass is 352 g/mol. The molecule has 1 unspecified atom stereocenters. The van der Waals surface area contributed by atoms with Crippen LogP contribution in [0.2, 0.25) is 0 Å². The predicted octanol–water partition coefficient (Wildman–Crippen LogP) is 1.85. The number of hydrogen-bond acceptors (Lipinski definition) is 6. The second-order valence-electron chi connectivity index (χ2n) is 6.52. The summed E-state index contributed by atoms with van der Waals surface area (Å²) >= 11 is 1.44.